The average Bonchev–Trinajstić information content (AvgIpc) is 2.34. The molecule has 1 rings (SSSR count). The van der Waals surface area contributed by atoms with Gasteiger partial charge in [0.05, 0.1) is 5.54 Å². The van der Waals surface area contributed by atoms with Crippen molar-refractivity contribution >= 4 is 11.6 Å². The van der Waals surface area contributed by atoms with Gasteiger partial charge in [0, 0.05) is 6.42 Å². The van der Waals surface area contributed by atoms with E-state index in [9.17, 15) is 8.78 Å². The fourth-order valence-electron chi connectivity index (χ4n) is 0.899. The van der Waals surface area contributed by atoms with Gasteiger partial charge in [-0.2, -0.15) is 0 Å². The van der Waals surface area contributed by atoms with Crippen LogP contribution in [-0.2, 0) is 6.42 Å². The molecule has 5 heteroatoms. The van der Waals surface area contributed by atoms with E-state index in [1.165, 1.54) is 19.1 Å². The van der Waals surface area contributed by atoms with Crippen LogP contribution in [0.4, 0.5) is 8.78 Å². The molecule has 0 amide bonds. The summed E-state index contributed by atoms with van der Waals surface area (Å²) in [4.78, 5) is 0. The van der Waals surface area contributed by atoms with Crippen molar-refractivity contribution in [2.24, 2.45) is 5.73 Å². The monoisotopic (exact) mass is 209 g/mol. The Labute approximate surface area is 79.7 Å². The summed E-state index contributed by atoms with van der Waals surface area (Å²) in [5, 5.41) is 0.181. The lowest BCUT2D eigenvalue weighted by Gasteiger charge is -2.21. The Morgan fingerprint density at radius 1 is 1.62 bits per heavy atom. The summed E-state index contributed by atoms with van der Waals surface area (Å²) in [6, 6.07) is 3.04. The molecule has 0 bridgehead atoms. The number of furan rings is 1. The quantitative estimate of drug-likeness (QED) is 0.831. The van der Waals surface area contributed by atoms with Crippen molar-refractivity contribution in [2.75, 3.05) is 0 Å². The maximum absolute atomic E-state index is 12.3. The molecule has 0 aliphatic carbocycles. The van der Waals surface area contributed by atoms with Crippen LogP contribution in [0.3, 0.4) is 0 Å². The summed E-state index contributed by atoms with van der Waals surface area (Å²) < 4.78 is 29.5. The van der Waals surface area contributed by atoms with Crippen molar-refractivity contribution in [3.05, 3.63) is 23.1 Å². The number of rotatable bonds is 3. The smallest absolute Gasteiger partial charge is 0.256 e. The van der Waals surface area contributed by atoms with Crippen LogP contribution in [0, 0.1) is 0 Å². The molecule has 1 heterocycles. The Bertz CT molecular complexity index is 285. The Hall–Kier alpha value is -0.610. The van der Waals surface area contributed by atoms with Crippen LogP contribution in [0.5, 0.6) is 0 Å². The number of hydrogen-bond acceptors (Lipinski definition) is 2. The highest BCUT2D eigenvalue weighted by molar-refractivity contribution is 6.28. The third-order valence-corrected chi connectivity index (χ3v) is 1.89. The van der Waals surface area contributed by atoms with E-state index in [4.69, 9.17) is 21.8 Å². The number of halogens is 3. The topological polar surface area (TPSA) is 39.2 Å². The Morgan fingerprint density at radius 3 is 2.62 bits per heavy atom. The zero-order chi connectivity index (χ0) is 10.1. The molecule has 1 aromatic heterocycles. The van der Waals surface area contributed by atoms with E-state index < -0.39 is 12.0 Å². The maximum atomic E-state index is 12.3. The molecule has 0 aliphatic rings. The van der Waals surface area contributed by atoms with Gasteiger partial charge in [-0.1, -0.05) is 0 Å². The lowest BCUT2D eigenvalue weighted by Crippen LogP contribution is -2.45. The number of nitrogens with two attached hydrogens (primary N) is 1. The predicted molar refractivity (Wildman–Crippen MR) is 46.0 cm³/mol. The first-order valence-corrected chi connectivity index (χ1v) is 4.11. The van der Waals surface area contributed by atoms with E-state index in [0.717, 1.165) is 0 Å². The normalized spacial score (nSPS) is 16.2. The SMILES string of the molecule is CC(N)(Cc1ccc(Cl)o1)C(F)F. The highest BCUT2D eigenvalue weighted by atomic mass is 35.5. The minimum atomic E-state index is -2.59. The van der Waals surface area contributed by atoms with Crippen molar-refractivity contribution in [2.45, 2.75) is 25.3 Å². The van der Waals surface area contributed by atoms with Gasteiger partial charge in [0.1, 0.15) is 5.76 Å². The third-order valence-electron chi connectivity index (χ3n) is 1.68. The Kier molecular flexibility index (Phi) is 2.93. The van der Waals surface area contributed by atoms with Gasteiger partial charge in [0.15, 0.2) is 5.22 Å². The van der Waals surface area contributed by atoms with Crippen LogP contribution in [0.15, 0.2) is 16.5 Å². The van der Waals surface area contributed by atoms with Gasteiger partial charge in [-0.25, -0.2) is 8.78 Å². The molecule has 1 aromatic rings. The van der Waals surface area contributed by atoms with Crippen molar-refractivity contribution in [1.29, 1.82) is 0 Å². The van der Waals surface area contributed by atoms with Gasteiger partial charge in [0.2, 0.25) is 0 Å². The van der Waals surface area contributed by atoms with Crippen molar-refractivity contribution in [3.63, 3.8) is 0 Å². The zero-order valence-corrected chi connectivity index (χ0v) is 7.81. The summed E-state index contributed by atoms with van der Waals surface area (Å²) >= 11 is 5.47. The van der Waals surface area contributed by atoms with Crippen molar-refractivity contribution < 1.29 is 13.2 Å². The average molecular weight is 210 g/mol. The van der Waals surface area contributed by atoms with E-state index >= 15 is 0 Å². The maximum Gasteiger partial charge on any atom is 0.256 e. The first-order chi connectivity index (χ1) is 5.92. The van der Waals surface area contributed by atoms with Crippen LogP contribution in [-0.4, -0.2) is 12.0 Å². The fraction of sp³-hybridized carbons (Fsp3) is 0.500. The molecule has 74 valence electrons. The van der Waals surface area contributed by atoms with Gasteiger partial charge < -0.3 is 10.2 Å². The molecule has 0 saturated carbocycles. The molecule has 0 fully saturated rings. The summed E-state index contributed by atoms with van der Waals surface area (Å²) in [7, 11) is 0. The van der Waals surface area contributed by atoms with Crippen molar-refractivity contribution in [3.8, 4) is 0 Å². The number of alkyl halides is 2. The molecule has 0 saturated heterocycles. The zero-order valence-electron chi connectivity index (χ0n) is 7.06. The third kappa shape index (κ3) is 2.67. The van der Waals surface area contributed by atoms with Gasteiger partial charge in [-0.15, -0.1) is 0 Å². The largest absolute Gasteiger partial charge is 0.450 e. The second kappa shape index (κ2) is 3.64. The second-order valence-electron chi connectivity index (χ2n) is 3.19. The highest BCUT2D eigenvalue weighted by Gasteiger charge is 2.31. The first kappa shape index (κ1) is 10.5. The minimum absolute atomic E-state index is 0.0304. The molecule has 0 aliphatic heterocycles. The molecular formula is C8H10ClF2NO. The van der Waals surface area contributed by atoms with Gasteiger partial charge in [-0.3, -0.25) is 0 Å². The van der Waals surface area contributed by atoms with Crippen LogP contribution < -0.4 is 5.73 Å². The molecule has 1 atom stereocenters. The van der Waals surface area contributed by atoms with E-state index in [1.807, 2.05) is 0 Å². The lowest BCUT2D eigenvalue weighted by atomic mass is 9.99. The van der Waals surface area contributed by atoms with Crippen molar-refractivity contribution in [1.82, 2.24) is 0 Å². The summed E-state index contributed by atoms with van der Waals surface area (Å²) in [6.07, 6.45) is -2.62. The fourth-order valence-corrected chi connectivity index (χ4v) is 1.06. The summed E-state index contributed by atoms with van der Waals surface area (Å²) in [5.74, 6) is 0.371. The van der Waals surface area contributed by atoms with E-state index in [1.54, 1.807) is 0 Å². The van der Waals surface area contributed by atoms with E-state index in [-0.39, 0.29) is 11.6 Å². The minimum Gasteiger partial charge on any atom is -0.450 e. The highest BCUT2D eigenvalue weighted by Crippen LogP contribution is 2.21. The van der Waals surface area contributed by atoms with E-state index in [0.29, 0.717) is 5.76 Å². The molecule has 2 N–H and O–H groups in total. The molecule has 1 unspecified atom stereocenters. The number of hydrogen-bond donors (Lipinski definition) is 1. The molecule has 0 radical (unpaired) electrons. The Balaban J connectivity index is 2.68. The van der Waals surface area contributed by atoms with Crippen LogP contribution in [0.25, 0.3) is 0 Å². The van der Waals surface area contributed by atoms with Gasteiger partial charge >= 0.3 is 0 Å². The standard InChI is InChI=1S/C8H10ClF2NO/c1-8(12,7(10)11)4-5-2-3-6(9)13-5/h2-3,7H,4,12H2,1H3. The van der Waals surface area contributed by atoms with Crippen LogP contribution >= 0.6 is 11.6 Å². The molecular weight excluding hydrogens is 200 g/mol. The lowest BCUT2D eigenvalue weighted by molar-refractivity contribution is 0.0610. The Morgan fingerprint density at radius 2 is 2.23 bits per heavy atom. The van der Waals surface area contributed by atoms with E-state index in [2.05, 4.69) is 0 Å². The molecule has 0 aromatic carbocycles. The molecule has 0 spiro atoms. The van der Waals surface area contributed by atoms with Crippen LogP contribution in [0.2, 0.25) is 5.22 Å². The summed E-state index contributed by atoms with van der Waals surface area (Å²) in [6.45, 7) is 1.27. The first-order valence-electron chi connectivity index (χ1n) is 3.73. The van der Waals surface area contributed by atoms with Gasteiger partial charge in [-0.05, 0) is 30.7 Å². The van der Waals surface area contributed by atoms with Gasteiger partial charge in [0.25, 0.3) is 6.43 Å². The van der Waals surface area contributed by atoms with Crippen LogP contribution in [0.1, 0.15) is 12.7 Å². The second-order valence-corrected chi connectivity index (χ2v) is 3.56. The molecule has 2 nitrogen and oxygen atoms in total. The summed E-state index contributed by atoms with van der Waals surface area (Å²) in [5.41, 5.74) is 3.78. The predicted octanol–water partition coefficient (Wildman–Crippen LogP) is 2.46. The molecule has 13 heavy (non-hydrogen) atoms.